The normalized spacial score (nSPS) is 15.0. The van der Waals surface area contributed by atoms with E-state index in [2.05, 4.69) is 60.8 Å². The molecule has 0 atom stereocenters. The van der Waals surface area contributed by atoms with Crippen molar-refractivity contribution in [2.24, 2.45) is 0 Å². The number of carbonyl (C=O) groups is 2. The number of amides is 2. The van der Waals surface area contributed by atoms with Crippen LogP contribution in [0.15, 0.2) is 54.6 Å². The van der Waals surface area contributed by atoms with Crippen LogP contribution in [-0.2, 0) is 10.2 Å². The SMILES string of the molecule is CC(C)(C)c1ccc(C(=O)NNC(=O)CC[NH+]2CCN(c3ccccc3)CC2)cc1. The van der Waals surface area contributed by atoms with Crippen LogP contribution in [0.2, 0.25) is 0 Å². The van der Waals surface area contributed by atoms with Crippen LogP contribution in [0.25, 0.3) is 0 Å². The van der Waals surface area contributed by atoms with Gasteiger partial charge in [0.1, 0.15) is 0 Å². The maximum atomic E-state index is 12.3. The molecule has 0 saturated carbocycles. The predicted octanol–water partition coefficient (Wildman–Crippen LogP) is 1.54. The van der Waals surface area contributed by atoms with Gasteiger partial charge in [0.25, 0.3) is 5.91 Å². The Morgan fingerprint density at radius 2 is 1.57 bits per heavy atom. The van der Waals surface area contributed by atoms with Gasteiger partial charge in [0, 0.05) is 11.3 Å². The molecule has 3 N–H and O–H groups in total. The molecule has 2 aromatic rings. The summed E-state index contributed by atoms with van der Waals surface area (Å²) in [5.41, 5.74) is 8.05. The van der Waals surface area contributed by atoms with E-state index in [1.54, 1.807) is 12.1 Å². The number of nitrogens with one attached hydrogen (secondary N) is 3. The molecule has 30 heavy (non-hydrogen) atoms. The second-order valence-corrected chi connectivity index (χ2v) is 8.90. The summed E-state index contributed by atoms with van der Waals surface area (Å²) in [4.78, 5) is 28.2. The average Bonchev–Trinajstić information content (AvgIpc) is 2.76. The third-order valence-electron chi connectivity index (χ3n) is 5.63. The standard InChI is InChI=1S/C24H32N4O2/c1-24(2,3)20-11-9-19(10-12-20)23(30)26-25-22(29)13-14-27-15-17-28(18-16-27)21-7-5-4-6-8-21/h4-12H,13-18H2,1-3H3,(H,25,29)(H,26,30)/p+1. The summed E-state index contributed by atoms with van der Waals surface area (Å²) in [7, 11) is 0. The molecule has 0 bridgehead atoms. The first-order valence-corrected chi connectivity index (χ1v) is 10.7. The van der Waals surface area contributed by atoms with Crippen LogP contribution in [-0.4, -0.2) is 44.5 Å². The zero-order valence-electron chi connectivity index (χ0n) is 18.2. The van der Waals surface area contributed by atoms with Crippen molar-refractivity contribution in [3.8, 4) is 0 Å². The van der Waals surface area contributed by atoms with Crippen molar-refractivity contribution in [2.75, 3.05) is 37.6 Å². The highest BCUT2D eigenvalue weighted by molar-refractivity contribution is 5.95. The van der Waals surface area contributed by atoms with Gasteiger partial charge < -0.3 is 9.80 Å². The lowest BCUT2D eigenvalue weighted by Gasteiger charge is -2.33. The zero-order valence-corrected chi connectivity index (χ0v) is 18.2. The van der Waals surface area contributed by atoms with E-state index in [1.807, 2.05) is 18.2 Å². The highest BCUT2D eigenvalue weighted by Crippen LogP contribution is 2.22. The van der Waals surface area contributed by atoms with Crippen molar-refractivity contribution < 1.29 is 14.5 Å². The maximum Gasteiger partial charge on any atom is 0.269 e. The van der Waals surface area contributed by atoms with Gasteiger partial charge in [0.05, 0.1) is 39.1 Å². The second-order valence-electron chi connectivity index (χ2n) is 8.90. The van der Waals surface area contributed by atoms with Gasteiger partial charge in [-0.2, -0.15) is 0 Å². The maximum absolute atomic E-state index is 12.3. The van der Waals surface area contributed by atoms with E-state index in [-0.39, 0.29) is 17.2 Å². The van der Waals surface area contributed by atoms with E-state index in [9.17, 15) is 9.59 Å². The zero-order chi connectivity index (χ0) is 21.6. The highest BCUT2D eigenvalue weighted by atomic mass is 16.2. The molecule has 0 unspecified atom stereocenters. The fourth-order valence-corrected chi connectivity index (χ4v) is 3.64. The van der Waals surface area contributed by atoms with Gasteiger partial charge in [0.2, 0.25) is 5.91 Å². The summed E-state index contributed by atoms with van der Waals surface area (Å²) in [5.74, 6) is -0.458. The number of carbonyl (C=O) groups excluding carboxylic acids is 2. The lowest BCUT2D eigenvalue weighted by molar-refractivity contribution is -0.900. The molecular weight excluding hydrogens is 376 g/mol. The van der Waals surface area contributed by atoms with Crippen molar-refractivity contribution in [1.82, 2.24) is 10.9 Å². The van der Waals surface area contributed by atoms with Crippen LogP contribution in [0.4, 0.5) is 5.69 Å². The molecule has 6 nitrogen and oxygen atoms in total. The van der Waals surface area contributed by atoms with Crippen LogP contribution in [0.5, 0.6) is 0 Å². The Balaban J connectivity index is 1.36. The summed E-state index contributed by atoms with van der Waals surface area (Å²) in [6.45, 7) is 11.2. The number of rotatable bonds is 5. The molecule has 0 spiro atoms. The van der Waals surface area contributed by atoms with E-state index in [1.165, 1.54) is 16.2 Å². The Morgan fingerprint density at radius 1 is 0.933 bits per heavy atom. The Labute approximate surface area is 179 Å². The fraction of sp³-hybridized carbons (Fsp3) is 0.417. The molecule has 160 valence electrons. The minimum Gasteiger partial charge on any atom is -0.360 e. The van der Waals surface area contributed by atoms with Crippen molar-refractivity contribution in [3.05, 3.63) is 65.7 Å². The van der Waals surface area contributed by atoms with E-state index >= 15 is 0 Å². The Morgan fingerprint density at radius 3 is 2.17 bits per heavy atom. The van der Waals surface area contributed by atoms with Crippen molar-refractivity contribution in [2.45, 2.75) is 32.6 Å². The highest BCUT2D eigenvalue weighted by Gasteiger charge is 2.21. The average molecular weight is 410 g/mol. The monoisotopic (exact) mass is 409 g/mol. The quantitative estimate of drug-likeness (QED) is 0.657. The van der Waals surface area contributed by atoms with Crippen LogP contribution in [0.1, 0.15) is 43.1 Å². The van der Waals surface area contributed by atoms with Gasteiger partial charge in [-0.15, -0.1) is 0 Å². The summed E-state index contributed by atoms with van der Waals surface area (Å²) in [5, 5.41) is 0. The first-order valence-electron chi connectivity index (χ1n) is 10.7. The van der Waals surface area contributed by atoms with Gasteiger partial charge in [-0.1, -0.05) is 51.1 Å². The molecule has 1 aliphatic rings. The lowest BCUT2D eigenvalue weighted by atomic mass is 9.87. The number of para-hydroxylation sites is 1. The summed E-state index contributed by atoms with van der Waals surface area (Å²) in [6, 6.07) is 17.9. The Kier molecular flexibility index (Phi) is 7.11. The Hall–Kier alpha value is -2.86. The van der Waals surface area contributed by atoms with Crippen molar-refractivity contribution >= 4 is 17.5 Å². The molecule has 6 heteroatoms. The molecule has 2 aromatic carbocycles. The van der Waals surface area contributed by atoms with Crippen LogP contribution in [0.3, 0.4) is 0 Å². The molecule has 3 rings (SSSR count). The molecule has 1 saturated heterocycles. The third-order valence-corrected chi connectivity index (χ3v) is 5.63. The molecule has 0 radical (unpaired) electrons. The van der Waals surface area contributed by atoms with E-state index in [0.717, 1.165) is 32.7 Å². The molecule has 0 aliphatic carbocycles. The van der Waals surface area contributed by atoms with E-state index in [4.69, 9.17) is 0 Å². The van der Waals surface area contributed by atoms with Crippen molar-refractivity contribution in [3.63, 3.8) is 0 Å². The van der Waals surface area contributed by atoms with Gasteiger partial charge in [-0.3, -0.25) is 20.4 Å². The number of nitrogens with zero attached hydrogens (tertiary/aromatic N) is 1. The molecule has 1 fully saturated rings. The summed E-state index contributed by atoms with van der Waals surface area (Å²) >= 11 is 0. The number of anilines is 1. The smallest absolute Gasteiger partial charge is 0.269 e. The number of piperazine rings is 1. The number of benzene rings is 2. The first kappa shape index (κ1) is 21.8. The lowest BCUT2D eigenvalue weighted by Crippen LogP contribution is -3.15. The largest absolute Gasteiger partial charge is 0.360 e. The number of quaternary nitrogens is 1. The van der Waals surface area contributed by atoms with Crippen LogP contribution in [0, 0.1) is 0 Å². The first-order chi connectivity index (χ1) is 14.3. The number of hydrogen-bond donors (Lipinski definition) is 3. The minimum atomic E-state index is -0.298. The van der Waals surface area contributed by atoms with Gasteiger partial charge in [-0.25, -0.2) is 0 Å². The van der Waals surface area contributed by atoms with Gasteiger partial charge in [-0.05, 0) is 35.2 Å². The van der Waals surface area contributed by atoms with Gasteiger partial charge in [0.15, 0.2) is 0 Å². The topological polar surface area (TPSA) is 65.9 Å². The minimum absolute atomic E-state index is 0.0398. The predicted molar refractivity (Wildman–Crippen MR) is 120 cm³/mol. The summed E-state index contributed by atoms with van der Waals surface area (Å²) in [6.07, 6.45) is 0.393. The summed E-state index contributed by atoms with van der Waals surface area (Å²) < 4.78 is 0. The fourth-order valence-electron chi connectivity index (χ4n) is 3.64. The third kappa shape index (κ3) is 6.07. The van der Waals surface area contributed by atoms with E-state index < -0.39 is 0 Å². The molecule has 0 aromatic heterocycles. The van der Waals surface area contributed by atoms with Crippen molar-refractivity contribution in [1.29, 1.82) is 0 Å². The van der Waals surface area contributed by atoms with E-state index in [0.29, 0.717) is 12.0 Å². The van der Waals surface area contributed by atoms with Crippen LogP contribution >= 0.6 is 0 Å². The molecule has 1 heterocycles. The molecule has 1 aliphatic heterocycles. The molecular formula is C24H33N4O2+. The Bertz CT molecular complexity index is 836. The van der Waals surface area contributed by atoms with Crippen LogP contribution < -0.4 is 20.7 Å². The van der Waals surface area contributed by atoms with Gasteiger partial charge >= 0.3 is 0 Å². The number of hydrogen-bond acceptors (Lipinski definition) is 3. The number of hydrazine groups is 1. The second kappa shape index (κ2) is 9.76. The molecule has 2 amide bonds.